The van der Waals surface area contributed by atoms with E-state index in [-0.39, 0.29) is 5.82 Å². The molecule has 0 saturated heterocycles. The van der Waals surface area contributed by atoms with Crippen LogP contribution in [0.4, 0.5) is 4.39 Å². The second kappa shape index (κ2) is 5.19. The summed E-state index contributed by atoms with van der Waals surface area (Å²) in [6.07, 6.45) is 2.39. The van der Waals surface area contributed by atoms with Crippen molar-refractivity contribution in [2.45, 2.75) is 25.3 Å². The van der Waals surface area contributed by atoms with Gasteiger partial charge in [0.05, 0.1) is 5.69 Å². The van der Waals surface area contributed by atoms with E-state index in [1.807, 2.05) is 7.05 Å². The summed E-state index contributed by atoms with van der Waals surface area (Å²) in [4.78, 5) is 5.86. The molecule has 1 saturated carbocycles. The SMILES string of the molecule is CNCc1sc(-c2ccc(Cl)cc2F)nc1C1CC1. The van der Waals surface area contributed by atoms with Gasteiger partial charge in [-0.1, -0.05) is 11.6 Å². The molecule has 0 aliphatic heterocycles. The lowest BCUT2D eigenvalue weighted by atomic mass is 10.2. The van der Waals surface area contributed by atoms with Crippen molar-refractivity contribution in [3.63, 3.8) is 0 Å². The molecule has 0 bridgehead atoms. The first-order valence-corrected chi connectivity index (χ1v) is 7.48. The molecule has 19 heavy (non-hydrogen) atoms. The second-order valence-electron chi connectivity index (χ2n) is 4.76. The van der Waals surface area contributed by atoms with Gasteiger partial charge in [-0.05, 0) is 38.1 Å². The lowest BCUT2D eigenvalue weighted by Gasteiger charge is -1.99. The van der Waals surface area contributed by atoms with Gasteiger partial charge in [0.15, 0.2) is 0 Å². The second-order valence-corrected chi connectivity index (χ2v) is 6.28. The average molecular weight is 297 g/mol. The molecule has 1 aliphatic carbocycles. The largest absolute Gasteiger partial charge is 0.315 e. The van der Waals surface area contributed by atoms with E-state index in [1.54, 1.807) is 23.5 Å². The summed E-state index contributed by atoms with van der Waals surface area (Å²) in [6, 6.07) is 4.75. The molecule has 0 radical (unpaired) electrons. The van der Waals surface area contributed by atoms with Gasteiger partial charge in [0.25, 0.3) is 0 Å². The molecule has 2 nitrogen and oxygen atoms in total. The van der Waals surface area contributed by atoms with Gasteiger partial charge in [-0.2, -0.15) is 0 Å². The Morgan fingerprint density at radius 2 is 2.26 bits per heavy atom. The van der Waals surface area contributed by atoms with Gasteiger partial charge in [-0.15, -0.1) is 11.3 Å². The van der Waals surface area contributed by atoms with Crippen molar-refractivity contribution in [3.8, 4) is 10.6 Å². The van der Waals surface area contributed by atoms with E-state index in [0.717, 1.165) is 17.2 Å². The van der Waals surface area contributed by atoms with Crippen LogP contribution in [0.3, 0.4) is 0 Å². The molecule has 0 unspecified atom stereocenters. The van der Waals surface area contributed by atoms with Crippen molar-refractivity contribution in [2.24, 2.45) is 0 Å². The number of halogens is 2. The third-order valence-corrected chi connectivity index (χ3v) is 4.53. The van der Waals surface area contributed by atoms with Crippen molar-refractivity contribution in [1.29, 1.82) is 0 Å². The van der Waals surface area contributed by atoms with Crippen LogP contribution >= 0.6 is 22.9 Å². The van der Waals surface area contributed by atoms with Crippen molar-refractivity contribution in [1.82, 2.24) is 10.3 Å². The van der Waals surface area contributed by atoms with Crippen LogP contribution in [0.2, 0.25) is 5.02 Å². The molecule has 0 atom stereocenters. The maximum Gasteiger partial charge on any atom is 0.134 e. The summed E-state index contributed by atoms with van der Waals surface area (Å²) < 4.78 is 13.9. The zero-order chi connectivity index (χ0) is 13.4. The van der Waals surface area contributed by atoms with E-state index in [2.05, 4.69) is 10.3 Å². The van der Waals surface area contributed by atoms with Crippen molar-refractivity contribution in [2.75, 3.05) is 7.05 Å². The highest BCUT2D eigenvalue weighted by Crippen LogP contribution is 2.44. The van der Waals surface area contributed by atoms with Gasteiger partial charge in [-0.3, -0.25) is 0 Å². The van der Waals surface area contributed by atoms with E-state index >= 15 is 0 Å². The lowest BCUT2D eigenvalue weighted by Crippen LogP contribution is -2.05. The molecule has 1 heterocycles. The van der Waals surface area contributed by atoms with Gasteiger partial charge in [0, 0.05) is 27.9 Å². The highest BCUT2D eigenvalue weighted by atomic mass is 35.5. The Balaban J connectivity index is 2.02. The molecular formula is C14H14ClFN2S. The molecule has 5 heteroatoms. The lowest BCUT2D eigenvalue weighted by molar-refractivity contribution is 0.631. The standard InChI is InChI=1S/C14H14ClFN2S/c1-17-7-12-13(8-2-3-8)18-14(19-12)10-5-4-9(15)6-11(10)16/h4-6,8,17H,2-3,7H2,1H3. The van der Waals surface area contributed by atoms with Crippen LogP contribution < -0.4 is 5.32 Å². The minimum Gasteiger partial charge on any atom is -0.315 e. The molecule has 1 fully saturated rings. The molecule has 1 aromatic carbocycles. The third kappa shape index (κ3) is 2.66. The van der Waals surface area contributed by atoms with E-state index in [1.165, 1.54) is 23.8 Å². The Hall–Kier alpha value is -0.970. The number of aromatic nitrogens is 1. The van der Waals surface area contributed by atoms with Crippen LogP contribution in [-0.2, 0) is 6.54 Å². The molecule has 1 aliphatic rings. The maximum atomic E-state index is 13.9. The van der Waals surface area contributed by atoms with Crippen molar-refractivity contribution >= 4 is 22.9 Å². The predicted octanol–water partition coefficient (Wildman–Crippen LogP) is 4.20. The van der Waals surface area contributed by atoms with Crippen molar-refractivity contribution < 1.29 is 4.39 Å². The average Bonchev–Trinajstić information content (AvgIpc) is 3.12. The van der Waals surface area contributed by atoms with E-state index < -0.39 is 0 Å². The van der Waals surface area contributed by atoms with Crippen LogP contribution in [0, 0.1) is 5.82 Å². The first-order valence-electron chi connectivity index (χ1n) is 6.28. The number of thiazole rings is 1. The molecule has 0 spiro atoms. The minimum absolute atomic E-state index is 0.306. The van der Waals surface area contributed by atoms with Crippen LogP contribution in [0.25, 0.3) is 10.6 Å². The zero-order valence-corrected chi connectivity index (χ0v) is 12.1. The fraction of sp³-hybridized carbons (Fsp3) is 0.357. The molecule has 1 aromatic heterocycles. The summed E-state index contributed by atoms with van der Waals surface area (Å²) in [5, 5.41) is 4.31. The number of benzene rings is 1. The van der Waals surface area contributed by atoms with Gasteiger partial charge >= 0.3 is 0 Å². The fourth-order valence-electron chi connectivity index (χ4n) is 2.10. The van der Waals surface area contributed by atoms with Gasteiger partial charge in [-0.25, -0.2) is 9.37 Å². The predicted molar refractivity (Wildman–Crippen MR) is 77.3 cm³/mol. The Kier molecular flexibility index (Phi) is 3.56. The highest BCUT2D eigenvalue weighted by Gasteiger charge is 2.29. The van der Waals surface area contributed by atoms with Crippen LogP contribution in [0.5, 0.6) is 0 Å². The maximum absolute atomic E-state index is 13.9. The summed E-state index contributed by atoms with van der Waals surface area (Å²) >= 11 is 7.35. The first kappa shape index (κ1) is 13.0. The Morgan fingerprint density at radius 3 is 2.89 bits per heavy atom. The van der Waals surface area contributed by atoms with Crippen molar-refractivity contribution in [3.05, 3.63) is 39.6 Å². The van der Waals surface area contributed by atoms with E-state index in [4.69, 9.17) is 11.6 Å². The third-order valence-electron chi connectivity index (χ3n) is 3.19. The minimum atomic E-state index is -0.306. The van der Waals surface area contributed by atoms with Gasteiger partial charge in [0.1, 0.15) is 10.8 Å². The first-order chi connectivity index (χ1) is 9.19. The summed E-state index contributed by atoms with van der Waals surface area (Å²) in [7, 11) is 1.92. The molecule has 1 N–H and O–H groups in total. The normalized spacial score (nSPS) is 14.9. The summed E-state index contributed by atoms with van der Waals surface area (Å²) in [5.41, 5.74) is 1.68. The Bertz CT molecular complexity index is 607. The molecular weight excluding hydrogens is 283 g/mol. The van der Waals surface area contributed by atoms with Crippen LogP contribution in [0.1, 0.15) is 29.3 Å². The summed E-state index contributed by atoms with van der Waals surface area (Å²) in [5.74, 6) is 0.267. The molecule has 100 valence electrons. The zero-order valence-electron chi connectivity index (χ0n) is 10.5. The number of nitrogens with one attached hydrogen (secondary N) is 1. The van der Waals surface area contributed by atoms with E-state index in [9.17, 15) is 4.39 Å². The number of hydrogen-bond acceptors (Lipinski definition) is 3. The van der Waals surface area contributed by atoms with E-state index in [0.29, 0.717) is 16.5 Å². The summed E-state index contributed by atoms with van der Waals surface area (Å²) in [6.45, 7) is 0.790. The van der Waals surface area contributed by atoms with Crippen LogP contribution in [0.15, 0.2) is 18.2 Å². The highest BCUT2D eigenvalue weighted by molar-refractivity contribution is 7.15. The molecule has 0 amide bonds. The molecule has 2 aromatic rings. The fourth-order valence-corrected chi connectivity index (χ4v) is 3.45. The van der Waals surface area contributed by atoms with Gasteiger partial charge < -0.3 is 5.32 Å². The quantitative estimate of drug-likeness (QED) is 0.914. The smallest absolute Gasteiger partial charge is 0.134 e. The monoisotopic (exact) mass is 296 g/mol. The van der Waals surface area contributed by atoms with Gasteiger partial charge in [0.2, 0.25) is 0 Å². The number of nitrogens with zero attached hydrogens (tertiary/aromatic N) is 1. The topological polar surface area (TPSA) is 24.9 Å². The Labute approximate surface area is 120 Å². The van der Waals surface area contributed by atoms with Crippen LogP contribution in [-0.4, -0.2) is 12.0 Å². The Morgan fingerprint density at radius 1 is 1.47 bits per heavy atom. The number of rotatable bonds is 4. The molecule has 3 rings (SSSR count). The number of hydrogen-bond donors (Lipinski definition) is 1.